The number of allylic oxidation sites excluding steroid dienone is 8. The number of phosphoric acid groups is 1. The predicted molar refractivity (Wildman–Crippen MR) is 333 cm³/mol. The van der Waals surface area contributed by atoms with Crippen molar-refractivity contribution in [1.82, 2.24) is 0 Å². The first-order valence-electron chi connectivity index (χ1n) is 33.3. The van der Waals surface area contributed by atoms with E-state index in [-0.39, 0.29) is 32.0 Å². The number of unbranched alkanes of at least 4 members (excludes halogenated alkanes) is 40. The number of ether oxygens (including phenoxy) is 2. The Hall–Kier alpha value is -2.03. The number of phosphoric ester groups is 1. The van der Waals surface area contributed by atoms with Gasteiger partial charge in [-0.25, -0.2) is 0 Å². The predicted octanol–water partition coefficient (Wildman–Crippen LogP) is 20.6. The number of likely N-dealkylation sites (N-methyl/N-ethyl adjacent to an activating group) is 1. The van der Waals surface area contributed by atoms with Gasteiger partial charge in [-0.2, -0.15) is 0 Å². The lowest BCUT2D eigenvalue weighted by Crippen LogP contribution is -2.37. The Morgan fingerprint density at radius 1 is 0.410 bits per heavy atom. The molecule has 0 bridgehead atoms. The summed E-state index contributed by atoms with van der Waals surface area (Å²) in [5, 5.41) is 0. The van der Waals surface area contributed by atoms with Gasteiger partial charge < -0.3 is 27.9 Å². The van der Waals surface area contributed by atoms with Gasteiger partial charge in [0, 0.05) is 12.8 Å². The highest BCUT2D eigenvalue weighted by molar-refractivity contribution is 7.45. The van der Waals surface area contributed by atoms with E-state index in [0.717, 1.165) is 64.2 Å². The van der Waals surface area contributed by atoms with Crippen LogP contribution in [0.2, 0.25) is 0 Å². The lowest BCUT2D eigenvalue weighted by Gasteiger charge is -2.28. The minimum absolute atomic E-state index is 0.0301. The van der Waals surface area contributed by atoms with Crippen LogP contribution >= 0.6 is 7.82 Å². The smallest absolute Gasteiger partial charge is 0.306 e. The van der Waals surface area contributed by atoms with E-state index >= 15 is 0 Å². The topological polar surface area (TPSA) is 111 Å². The van der Waals surface area contributed by atoms with Gasteiger partial charge in [0.15, 0.2) is 6.10 Å². The number of nitrogens with zero attached hydrogens (tertiary/aromatic N) is 1. The maximum Gasteiger partial charge on any atom is 0.306 e. The molecule has 78 heavy (non-hydrogen) atoms. The fourth-order valence-electron chi connectivity index (χ4n) is 9.77. The van der Waals surface area contributed by atoms with Crippen LogP contribution in [0.15, 0.2) is 48.6 Å². The summed E-state index contributed by atoms with van der Waals surface area (Å²) in [5.41, 5.74) is 0. The van der Waals surface area contributed by atoms with E-state index in [2.05, 4.69) is 62.5 Å². The van der Waals surface area contributed by atoms with Crippen molar-refractivity contribution in [2.75, 3.05) is 47.5 Å². The average molecular weight is 1120 g/mol. The van der Waals surface area contributed by atoms with Crippen LogP contribution in [-0.4, -0.2) is 70.0 Å². The van der Waals surface area contributed by atoms with Crippen LogP contribution in [0.4, 0.5) is 0 Å². The summed E-state index contributed by atoms with van der Waals surface area (Å²) < 4.78 is 34.3. The molecule has 0 N–H and O–H groups in total. The third kappa shape index (κ3) is 63.2. The molecule has 0 aromatic carbocycles. The Morgan fingerprint density at radius 2 is 0.731 bits per heavy atom. The Kier molecular flexibility index (Phi) is 58.0. The molecule has 0 saturated heterocycles. The van der Waals surface area contributed by atoms with E-state index in [1.54, 1.807) is 0 Å². The largest absolute Gasteiger partial charge is 0.756 e. The SMILES string of the molecule is CC/C=C\C/C=C\C/C=C\C/C=C\CCCCCCCCCCCCCCC(=O)OC(COC(=O)CCCCCCCCCCCCCCCCCCCCCCCCCCCCCCC)COP(=O)([O-])OCC[N+](C)(C)C. The molecule has 10 heteroatoms. The molecule has 458 valence electrons. The summed E-state index contributed by atoms with van der Waals surface area (Å²) in [5.74, 6) is -0.820. The van der Waals surface area contributed by atoms with Gasteiger partial charge in [-0.15, -0.1) is 0 Å². The Bertz CT molecular complexity index is 1460. The van der Waals surface area contributed by atoms with Crippen LogP contribution in [0.25, 0.3) is 0 Å². The van der Waals surface area contributed by atoms with E-state index in [1.165, 1.54) is 225 Å². The minimum Gasteiger partial charge on any atom is -0.756 e. The first-order chi connectivity index (χ1) is 38.0. The zero-order chi connectivity index (χ0) is 57.0. The summed E-state index contributed by atoms with van der Waals surface area (Å²) >= 11 is 0. The van der Waals surface area contributed by atoms with Crippen LogP contribution in [0.5, 0.6) is 0 Å². The van der Waals surface area contributed by atoms with Crippen LogP contribution < -0.4 is 4.89 Å². The van der Waals surface area contributed by atoms with Gasteiger partial charge in [0.25, 0.3) is 7.82 Å². The molecule has 9 nitrogen and oxygen atoms in total. The molecule has 0 spiro atoms. The molecular formula is C68H128NO8P. The van der Waals surface area contributed by atoms with Crippen LogP contribution in [0.1, 0.15) is 322 Å². The van der Waals surface area contributed by atoms with Gasteiger partial charge >= 0.3 is 11.9 Å². The van der Waals surface area contributed by atoms with E-state index < -0.39 is 26.5 Å². The fourth-order valence-corrected chi connectivity index (χ4v) is 10.5. The van der Waals surface area contributed by atoms with Crippen molar-refractivity contribution < 1.29 is 42.1 Å². The third-order valence-corrected chi connectivity index (χ3v) is 15.8. The van der Waals surface area contributed by atoms with Crippen molar-refractivity contribution >= 4 is 19.8 Å². The van der Waals surface area contributed by atoms with Gasteiger partial charge in [0.2, 0.25) is 0 Å². The summed E-state index contributed by atoms with van der Waals surface area (Å²) in [7, 11) is 1.18. The normalized spacial score (nSPS) is 13.5. The number of hydrogen-bond donors (Lipinski definition) is 0. The van der Waals surface area contributed by atoms with Crippen molar-refractivity contribution in [3.8, 4) is 0 Å². The molecule has 0 saturated carbocycles. The molecule has 0 aromatic heterocycles. The van der Waals surface area contributed by atoms with Gasteiger partial charge in [0.1, 0.15) is 19.8 Å². The summed E-state index contributed by atoms with van der Waals surface area (Å²) in [6, 6.07) is 0. The molecule has 0 aliphatic heterocycles. The van der Waals surface area contributed by atoms with E-state index in [4.69, 9.17) is 18.5 Å². The maximum atomic E-state index is 12.8. The molecule has 0 rings (SSSR count). The van der Waals surface area contributed by atoms with Crippen molar-refractivity contribution in [2.45, 2.75) is 328 Å². The van der Waals surface area contributed by atoms with Gasteiger partial charge in [0.05, 0.1) is 27.7 Å². The van der Waals surface area contributed by atoms with Gasteiger partial charge in [-0.1, -0.05) is 306 Å². The van der Waals surface area contributed by atoms with E-state index in [1.807, 2.05) is 21.1 Å². The lowest BCUT2D eigenvalue weighted by atomic mass is 10.0. The van der Waals surface area contributed by atoms with Gasteiger partial charge in [-0.05, 0) is 51.4 Å². The quantitative estimate of drug-likeness (QED) is 0.0195. The van der Waals surface area contributed by atoms with Crippen LogP contribution in [0, 0.1) is 0 Å². The second-order valence-corrected chi connectivity index (χ2v) is 25.2. The zero-order valence-corrected chi connectivity index (χ0v) is 53.0. The number of carbonyl (C=O) groups is 2. The first kappa shape index (κ1) is 76.0. The molecule has 0 aromatic rings. The molecule has 0 heterocycles. The van der Waals surface area contributed by atoms with Crippen molar-refractivity contribution in [2.24, 2.45) is 0 Å². The first-order valence-corrected chi connectivity index (χ1v) is 34.8. The summed E-state index contributed by atoms with van der Waals surface area (Å²) in [4.78, 5) is 38.0. The molecule has 0 radical (unpaired) electrons. The zero-order valence-electron chi connectivity index (χ0n) is 52.1. The van der Waals surface area contributed by atoms with Crippen LogP contribution in [0.3, 0.4) is 0 Å². The molecular weight excluding hydrogens is 990 g/mol. The standard InChI is InChI=1S/C68H128NO8P/c1-6-8-10-12-14-16-18-20-22-24-26-28-30-32-33-34-35-37-38-40-42-44-46-48-50-52-54-56-58-60-67(70)74-64-66(65-76-78(72,73)75-63-62-69(3,4)5)77-68(71)61-59-57-55-53-51-49-47-45-43-41-39-36-31-29-27-25-23-21-19-17-15-13-11-9-7-2/h9,11,15,17,21,23,27,29,66H,6-8,10,12-14,16,18-20,22,24-26,28,30-65H2,1-5H3/b11-9-,17-15-,23-21-,29-27-. The van der Waals surface area contributed by atoms with Crippen molar-refractivity contribution in [1.29, 1.82) is 0 Å². The van der Waals surface area contributed by atoms with Gasteiger partial charge in [-0.3, -0.25) is 14.2 Å². The number of hydrogen-bond acceptors (Lipinski definition) is 8. The lowest BCUT2D eigenvalue weighted by molar-refractivity contribution is -0.870. The molecule has 0 fully saturated rings. The molecule has 0 aliphatic carbocycles. The summed E-state index contributed by atoms with van der Waals surface area (Å²) in [6.45, 7) is 4.18. The molecule has 2 unspecified atom stereocenters. The van der Waals surface area contributed by atoms with Crippen molar-refractivity contribution in [3.63, 3.8) is 0 Å². The fraction of sp³-hybridized carbons (Fsp3) is 0.853. The Labute approximate surface area is 484 Å². The molecule has 2 atom stereocenters. The number of esters is 2. The maximum absolute atomic E-state index is 12.8. The third-order valence-electron chi connectivity index (χ3n) is 14.9. The average Bonchev–Trinajstić information content (AvgIpc) is 3.40. The highest BCUT2D eigenvalue weighted by Crippen LogP contribution is 2.38. The minimum atomic E-state index is -4.64. The highest BCUT2D eigenvalue weighted by atomic mass is 31.2. The van der Waals surface area contributed by atoms with Crippen molar-refractivity contribution in [3.05, 3.63) is 48.6 Å². The highest BCUT2D eigenvalue weighted by Gasteiger charge is 2.22. The van der Waals surface area contributed by atoms with E-state index in [9.17, 15) is 19.0 Å². The second-order valence-electron chi connectivity index (χ2n) is 23.8. The monoisotopic (exact) mass is 1120 g/mol. The second kappa shape index (κ2) is 59.6. The van der Waals surface area contributed by atoms with E-state index in [0.29, 0.717) is 17.4 Å². The Balaban J connectivity index is 4.03. The number of quaternary nitrogens is 1. The summed E-state index contributed by atoms with van der Waals surface area (Å²) in [6.07, 6.45) is 76.1. The van der Waals surface area contributed by atoms with Crippen LogP contribution in [-0.2, 0) is 32.7 Å². The molecule has 0 amide bonds. The molecule has 0 aliphatic rings. The Morgan fingerprint density at radius 3 is 1.09 bits per heavy atom. The number of carbonyl (C=O) groups excluding carboxylic acids is 2. The number of rotatable bonds is 62.